The standard InChI is InChI=1S/C20H29N3O8/c1-6-30-20(27)16(14-7-9-15(10-8-14)22(28)29)11-21-18(19(25)26)17(31-13(2)24)12-23(3,4)5/h7-10,16-18,21H,6,11-12H2,1-5H3/p+1. The van der Waals surface area contributed by atoms with Crippen molar-refractivity contribution in [3.05, 3.63) is 39.9 Å². The van der Waals surface area contributed by atoms with Gasteiger partial charge in [0.1, 0.15) is 12.6 Å². The van der Waals surface area contributed by atoms with Gasteiger partial charge in [0.15, 0.2) is 6.10 Å². The lowest BCUT2D eigenvalue weighted by Crippen LogP contribution is -2.56. The van der Waals surface area contributed by atoms with Crippen LogP contribution in [0.2, 0.25) is 0 Å². The maximum Gasteiger partial charge on any atom is 0.324 e. The van der Waals surface area contributed by atoms with Crippen LogP contribution in [0, 0.1) is 10.1 Å². The minimum Gasteiger partial charge on any atom is -0.480 e. The van der Waals surface area contributed by atoms with Gasteiger partial charge in [0.2, 0.25) is 0 Å². The first-order valence-corrected chi connectivity index (χ1v) is 9.70. The molecule has 2 N–H and O–H groups in total. The Balaban J connectivity index is 3.14. The number of nitrogens with one attached hydrogen (secondary N) is 1. The molecule has 0 heterocycles. The summed E-state index contributed by atoms with van der Waals surface area (Å²) < 4.78 is 10.7. The van der Waals surface area contributed by atoms with Crippen LogP contribution in [0.4, 0.5) is 5.69 Å². The van der Waals surface area contributed by atoms with Crippen molar-refractivity contribution in [1.29, 1.82) is 0 Å². The molecule has 0 fully saturated rings. The van der Waals surface area contributed by atoms with E-state index in [0.717, 1.165) is 0 Å². The molecular formula is C20H30N3O8+. The number of hydrogen-bond acceptors (Lipinski definition) is 8. The molecule has 0 aliphatic rings. The molecule has 172 valence electrons. The van der Waals surface area contributed by atoms with E-state index in [2.05, 4.69) is 5.32 Å². The van der Waals surface area contributed by atoms with Gasteiger partial charge in [-0.2, -0.15) is 0 Å². The Morgan fingerprint density at radius 2 is 1.77 bits per heavy atom. The van der Waals surface area contributed by atoms with Crippen LogP contribution in [0.3, 0.4) is 0 Å². The summed E-state index contributed by atoms with van der Waals surface area (Å²) in [7, 11) is 5.48. The Kier molecular flexibility index (Phi) is 9.53. The van der Waals surface area contributed by atoms with Crippen molar-refractivity contribution in [3.8, 4) is 0 Å². The maximum absolute atomic E-state index is 12.5. The molecule has 0 spiro atoms. The number of carboxylic acids is 1. The van der Waals surface area contributed by atoms with Crippen LogP contribution in [0.1, 0.15) is 25.3 Å². The number of non-ortho nitro benzene ring substituents is 1. The fourth-order valence-electron chi connectivity index (χ4n) is 2.99. The monoisotopic (exact) mass is 440 g/mol. The third kappa shape index (κ3) is 8.69. The van der Waals surface area contributed by atoms with E-state index in [4.69, 9.17) is 9.47 Å². The lowest BCUT2D eigenvalue weighted by molar-refractivity contribution is -0.873. The highest BCUT2D eigenvalue weighted by atomic mass is 16.6. The molecule has 0 aliphatic heterocycles. The quantitative estimate of drug-likeness (QED) is 0.210. The Bertz CT molecular complexity index is 789. The number of nitro groups is 1. The molecule has 0 amide bonds. The first-order valence-electron chi connectivity index (χ1n) is 9.70. The minimum absolute atomic E-state index is 0.113. The lowest BCUT2D eigenvalue weighted by Gasteiger charge is -2.32. The predicted molar refractivity (Wildman–Crippen MR) is 110 cm³/mol. The molecule has 3 unspecified atom stereocenters. The number of likely N-dealkylation sites (N-methyl/N-ethyl adjacent to an activating group) is 1. The highest BCUT2D eigenvalue weighted by Gasteiger charge is 2.36. The summed E-state index contributed by atoms with van der Waals surface area (Å²) in [6, 6.07) is 4.08. The molecule has 1 aromatic rings. The summed E-state index contributed by atoms with van der Waals surface area (Å²) in [5, 5.41) is 23.4. The second kappa shape index (κ2) is 11.4. The van der Waals surface area contributed by atoms with Crippen LogP contribution in [0.5, 0.6) is 0 Å². The zero-order chi connectivity index (χ0) is 23.8. The summed E-state index contributed by atoms with van der Waals surface area (Å²) in [5.74, 6) is -3.39. The Morgan fingerprint density at radius 1 is 1.19 bits per heavy atom. The van der Waals surface area contributed by atoms with E-state index in [-0.39, 0.29) is 25.4 Å². The van der Waals surface area contributed by atoms with E-state index in [0.29, 0.717) is 10.0 Å². The van der Waals surface area contributed by atoms with Gasteiger partial charge in [0.05, 0.1) is 38.6 Å². The molecule has 0 saturated carbocycles. The van der Waals surface area contributed by atoms with Crippen LogP contribution in [0.15, 0.2) is 24.3 Å². The smallest absolute Gasteiger partial charge is 0.324 e. The average molecular weight is 440 g/mol. The number of nitrogens with zero attached hydrogens (tertiary/aromatic N) is 2. The summed E-state index contributed by atoms with van der Waals surface area (Å²) >= 11 is 0. The predicted octanol–water partition coefficient (Wildman–Crippen LogP) is 0.922. The maximum atomic E-state index is 12.5. The highest BCUT2D eigenvalue weighted by Crippen LogP contribution is 2.21. The summed E-state index contributed by atoms with van der Waals surface area (Å²) in [6.07, 6.45) is -0.991. The molecule has 0 radical (unpaired) electrons. The van der Waals surface area contributed by atoms with Gasteiger partial charge in [-0.3, -0.25) is 29.8 Å². The van der Waals surface area contributed by atoms with E-state index in [1.165, 1.54) is 31.2 Å². The van der Waals surface area contributed by atoms with Crippen LogP contribution >= 0.6 is 0 Å². The van der Waals surface area contributed by atoms with Gasteiger partial charge in [0.25, 0.3) is 5.69 Å². The fraction of sp³-hybridized carbons (Fsp3) is 0.550. The van der Waals surface area contributed by atoms with Gasteiger partial charge >= 0.3 is 17.9 Å². The van der Waals surface area contributed by atoms with Gasteiger partial charge < -0.3 is 19.1 Å². The molecule has 1 aromatic carbocycles. The molecule has 3 atom stereocenters. The third-order valence-corrected chi connectivity index (χ3v) is 4.30. The van der Waals surface area contributed by atoms with Gasteiger partial charge in [-0.05, 0) is 12.5 Å². The largest absolute Gasteiger partial charge is 0.480 e. The zero-order valence-electron chi connectivity index (χ0n) is 18.4. The SMILES string of the molecule is CCOC(=O)C(CNC(C(=O)O)C(C[N+](C)(C)C)OC(C)=O)c1ccc([N+](=O)[O-])cc1. The fourth-order valence-corrected chi connectivity index (χ4v) is 2.99. The van der Waals surface area contributed by atoms with Crippen LogP contribution in [-0.4, -0.2) is 85.4 Å². The Hall–Kier alpha value is -3.05. The van der Waals surface area contributed by atoms with Crippen LogP contribution in [0.25, 0.3) is 0 Å². The number of nitro benzene ring substituents is 1. The topological polar surface area (TPSA) is 145 Å². The molecule has 1 rings (SSSR count). The van der Waals surface area contributed by atoms with Crippen molar-refractivity contribution in [1.82, 2.24) is 5.32 Å². The van der Waals surface area contributed by atoms with E-state index in [1.807, 2.05) is 21.1 Å². The number of aliphatic carboxylic acids is 1. The molecule has 31 heavy (non-hydrogen) atoms. The number of quaternary nitrogens is 1. The van der Waals surface area contributed by atoms with Gasteiger partial charge in [-0.1, -0.05) is 12.1 Å². The zero-order valence-corrected chi connectivity index (χ0v) is 18.4. The first-order chi connectivity index (χ1) is 14.4. The van der Waals surface area contributed by atoms with Crippen molar-refractivity contribution in [2.75, 3.05) is 40.8 Å². The van der Waals surface area contributed by atoms with Gasteiger partial charge in [-0.25, -0.2) is 0 Å². The third-order valence-electron chi connectivity index (χ3n) is 4.30. The number of hydrogen-bond donors (Lipinski definition) is 2. The molecule has 11 nitrogen and oxygen atoms in total. The molecule has 0 aliphatic carbocycles. The van der Waals surface area contributed by atoms with Crippen molar-refractivity contribution in [2.24, 2.45) is 0 Å². The lowest BCUT2D eigenvalue weighted by atomic mass is 9.98. The molecule has 0 saturated heterocycles. The van der Waals surface area contributed by atoms with Crippen molar-refractivity contribution in [3.63, 3.8) is 0 Å². The minimum atomic E-state index is -1.28. The Labute approximate surface area is 180 Å². The molecule has 11 heteroatoms. The summed E-state index contributed by atoms with van der Waals surface area (Å²) in [6.45, 7) is 3.02. The van der Waals surface area contributed by atoms with Crippen molar-refractivity contribution >= 4 is 23.6 Å². The number of esters is 2. The number of carboxylic acid groups (broad SMARTS) is 1. The number of carbonyl (C=O) groups excluding carboxylic acids is 2. The van der Waals surface area contributed by atoms with Gasteiger partial charge in [0, 0.05) is 25.6 Å². The van der Waals surface area contributed by atoms with E-state index < -0.39 is 40.9 Å². The average Bonchev–Trinajstić information content (AvgIpc) is 2.63. The number of benzene rings is 1. The van der Waals surface area contributed by atoms with E-state index in [9.17, 15) is 29.6 Å². The molecular weight excluding hydrogens is 410 g/mol. The number of ether oxygens (including phenoxy) is 2. The normalized spacial score (nSPS) is 14.2. The summed E-state index contributed by atoms with van der Waals surface area (Å²) in [5.41, 5.74) is 0.289. The molecule has 0 bridgehead atoms. The second-order valence-electron chi connectivity index (χ2n) is 8.00. The van der Waals surface area contributed by atoms with E-state index >= 15 is 0 Å². The van der Waals surface area contributed by atoms with Gasteiger partial charge in [-0.15, -0.1) is 0 Å². The second-order valence-corrected chi connectivity index (χ2v) is 8.00. The number of carbonyl (C=O) groups is 3. The highest BCUT2D eigenvalue weighted by molar-refractivity contribution is 5.79. The van der Waals surface area contributed by atoms with Crippen molar-refractivity contribution in [2.45, 2.75) is 31.9 Å². The molecule has 0 aromatic heterocycles. The Morgan fingerprint density at radius 3 is 2.19 bits per heavy atom. The number of rotatable bonds is 12. The summed E-state index contributed by atoms with van der Waals surface area (Å²) in [4.78, 5) is 46.3. The van der Waals surface area contributed by atoms with E-state index in [1.54, 1.807) is 6.92 Å². The van der Waals surface area contributed by atoms with Crippen molar-refractivity contribution < 1.29 is 38.4 Å². The van der Waals surface area contributed by atoms with Crippen LogP contribution in [-0.2, 0) is 23.9 Å². The first kappa shape index (κ1) is 26.0. The van der Waals surface area contributed by atoms with Crippen LogP contribution < -0.4 is 5.32 Å².